The average Bonchev–Trinajstić information content (AvgIpc) is 2.93. The van der Waals surface area contributed by atoms with Gasteiger partial charge in [-0.1, -0.05) is 54.6 Å². The van der Waals surface area contributed by atoms with E-state index in [-0.39, 0.29) is 5.82 Å². The summed E-state index contributed by atoms with van der Waals surface area (Å²) >= 11 is 0. The van der Waals surface area contributed by atoms with Crippen LogP contribution in [-0.2, 0) is 17.3 Å². The topological polar surface area (TPSA) is 71.5 Å². The molecule has 2 aromatic carbocycles. The van der Waals surface area contributed by atoms with Gasteiger partial charge in [-0.2, -0.15) is 18.3 Å². The third-order valence-corrected chi connectivity index (χ3v) is 6.46. The highest BCUT2D eigenvalue weighted by Gasteiger charge is 2.37. The number of alkyl halides is 3. The number of ether oxygens (including phenoxy) is 1. The third-order valence-electron chi connectivity index (χ3n) is 6.46. The molecule has 0 bridgehead atoms. The fraction of sp³-hybridized carbons (Fsp3) is 0.259. The van der Waals surface area contributed by atoms with Crippen LogP contribution in [0.2, 0.25) is 0 Å². The van der Waals surface area contributed by atoms with Crippen LogP contribution in [0.25, 0.3) is 10.8 Å². The quantitative estimate of drug-likeness (QED) is 0.361. The Morgan fingerprint density at radius 1 is 0.919 bits per heavy atom. The molecular formula is C27H24F3N5O2. The summed E-state index contributed by atoms with van der Waals surface area (Å²) in [6.07, 6.45) is -3.11. The van der Waals surface area contributed by atoms with Gasteiger partial charge in [0.2, 0.25) is 0 Å². The number of nitrogens with zero attached hydrogens (tertiary/aromatic N) is 5. The van der Waals surface area contributed by atoms with Gasteiger partial charge in [-0.3, -0.25) is 0 Å². The molecule has 0 radical (unpaired) electrons. The lowest BCUT2D eigenvalue weighted by Gasteiger charge is -2.36. The van der Waals surface area contributed by atoms with Crippen molar-refractivity contribution in [3.8, 4) is 0 Å². The lowest BCUT2D eigenvalue weighted by molar-refractivity contribution is -0.138. The summed E-state index contributed by atoms with van der Waals surface area (Å²) in [4.78, 5) is 19.8. The molecule has 5 rings (SSSR count). The molecule has 7 nitrogen and oxygen atoms in total. The zero-order valence-corrected chi connectivity index (χ0v) is 20.1. The van der Waals surface area contributed by atoms with Gasteiger partial charge in [0.25, 0.3) is 0 Å². The maximum absolute atomic E-state index is 13.6. The van der Waals surface area contributed by atoms with E-state index >= 15 is 0 Å². The number of hydrogen-bond donors (Lipinski definition) is 0. The molecule has 4 aromatic rings. The maximum Gasteiger partial charge on any atom is 0.417 e. The molecule has 1 aliphatic rings. The molecule has 2 aromatic heterocycles. The van der Waals surface area contributed by atoms with Gasteiger partial charge in [0, 0.05) is 49.6 Å². The second-order valence-electron chi connectivity index (χ2n) is 8.73. The van der Waals surface area contributed by atoms with E-state index < -0.39 is 23.3 Å². The molecule has 0 amide bonds. The fourth-order valence-corrected chi connectivity index (χ4v) is 4.57. The lowest BCUT2D eigenvalue weighted by atomic mass is 10.0. The van der Waals surface area contributed by atoms with E-state index in [9.17, 15) is 18.0 Å². The van der Waals surface area contributed by atoms with Crippen LogP contribution in [0.1, 0.15) is 27.2 Å². The first kappa shape index (κ1) is 24.5. The van der Waals surface area contributed by atoms with Crippen LogP contribution >= 0.6 is 0 Å². The van der Waals surface area contributed by atoms with Crippen LogP contribution in [0.15, 0.2) is 66.9 Å². The van der Waals surface area contributed by atoms with Crippen molar-refractivity contribution in [1.29, 1.82) is 0 Å². The molecule has 0 unspecified atom stereocenters. The van der Waals surface area contributed by atoms with Gasteiger partial charge in [-0.25, -0.2) is 9.78 Å². The molecular weight excluding hydrogens is 483 g/mol. The number of hydrogen-bond acceptors (Lipinski definition) is 7. The SMILES string of the molecule is COC(=O)c1cnc(N2CCN(c3nnc(Cc4ccccc4)c4ccccc34)CC2)cc1C(F)(F)F. The van der Waals surface area contributed by atoms with Gasteiger partial charge in [0.05, 0.1) is 23.9 Å². The van der Waals surface area contributed by atoms with Crippen molar-refractivity contribution >= 4 is 28.4 Å². The zero-order chi connectivity index (χ0) is 26.0. The highest BCUT2D eigenvalue weighted by molar-refractivity contribution is 5.94. The molecule has 1 saturated heterocycles. The Kier molecular flexibility index (Phi) is 6.64. The highest BCUT2D eigenvalue weighted by Crippen LogP contribution is 2.35. The van der Waals surface area contributed by atoms with E-state index in [2.05, 4.69) is 37.0 Å². The fourth-order valence-electron chi connectivity index (χ4n) is 4.57. The molecule has 0 spiro atoms. The number of methoxy groups -OCH3 is 1. The first-order valence-corrected chi connectivity index (χ1v) is 11.8. The molecule has 0 atom stereocenters. The Bertz CT molecular complexity index is 1420. The van der Waals surface area contributed by atoms with Crippen molar-refractivity contribution < 1.29 is 22.7 Å². The first-order chi connectivity index (χ1) is 17.8. The van der Waals surface area contributed by atoms with Gasteiger partial charge in [-0.05, 0) is 11.6 Å². The maximum atomic E-state index is 13.6. The van der Waals surface area contributed by atoms with Crippen molar-refractivity contribution in [2.24, 2.45) is 0 Å². The number of fused-ring (bicyclic) bond motifs is 1. The molecule has 1 fully saturated rings. The standard InChI is InChI=1S/C27H24F3N5O2/c1-37-26(36)21-17-31-24(16-22(21)27(28,29)30)34-11-13-35(14-12-34)25-20-10-6-5-9-19(20)23(32-33-25)15-18-7-3-2-4-8-18/h2-10,16-17H,11-15H2,1H3. The predicted octanol–water partition coefficient (Wildman–Crippen LogP) is 4.75. The number of pyridine rings is 1. The largest absolute Gasteiger partial charge is 0.465 e. The number of anilines is 2. The number of halogens is 3. The van der Waals surface area contributed by atoms with Gasteiger partial charge in [0.15, 0.2) is 5.82 Å². The molecule has 0 N–H and O–H groups in total. The molecule has 190 valence electrons. The number of rotatable bonds is 5. The molecule has 3 heterocycles. The summed E-state index contributed by atoms with van der Waals surface area (Å²) in [5.74, 6) is -0.164. The second-order valence-corrected chi connectivity index (χ2v) is 8.73. The Morgan fingerprint density at radius 3 is 2.24 bits per heavy atom. The van der Waals surface area contributed by atoms with Gasteiger partial charge >= 0.3 is 12.1 Å². The van der Waals surface area contributed by atoms with E-state index in [1.54, 1.807) is 4.90 Å². The minimum Gasteiger partial charge on any atom is -0.465 e. The summed E-state index contributed by atoms with van der Waals surface area (Å²) in [6.45, 7) is 1.92. The van der Waals surface area contributed by atoms with Gasteiger partial charge in [-0.15, -0.1) is 5.10 Å². The van der Waals surface area contributed by atoms with Crippen LogP contribution < -0.4 is 9.80 Å². The van der Waals surface area contributed by atoms with E-state index in [4.69, 9.17) is 0 Å². The summed E-state index contributed by atoms with van der Waals surface area (Å²) in [5, 5.41) is 11.1. The monoisotopic (exact) mass is 507 g/mol. The highest BCUT2D eigenvalue weighted by atomic mass is 19.4. The average molecular weight is 508 g/mol. The smallest absolute Gasteiger partial charge is 0.417 e. The molecule has 10 heteroatoms. The molecule has 0 aliphatic carbocycles. The summed E-state index contributed by atoms with van der Waals surface area (Å²) < 4.78 is 45.3. The molecule has 0 saturated carbocycles. The number of benzene rings is 2. The molecule has 1 aliphatic heterocycles. The van der Waals surface area contributed by atoms with Crippen molar-refractivity contribution in [2.75, 3.05) is 43.1 Å². The van der Waals surface area contributed by atoms with Crippen LogP contribution in [0.4, 0.5) is 24.8 Å². The number of piperazine rings is 1. The zero-order valence-electron chi connectivity index (χ0n) is 20.1. The summed E-state index contributed by atoms with van der Waals surface area (Å²) in [5.41, 5.74) is 0.374. The molecule has 37 heavy (non-hydrogen) atoms. The summed E-state index contributed by atoms with van der Waals surface area (Å²) in [6, 6.07) is 19.0. The van der Waals surface area contributed by atoms with Crippen molar-refractivity contribution in [1.82, 2.24) is 15.2 Å². The Labute approximate surface area is 211 Å². The Hall–Kier alpha value is -4.21. The number of carbonyl (C=O) groups is 1. The van der Waals surface area contributed by atoms with Crippen molar-refractivity contribution in [2.45, 2.75) is 12.6 Å². The normalized spacial score (nSPS) is 14.2. The van der Waals surface area contributed by atoms with E-state index in [1.807, 2.05) is 42.5 Å². The van der Waals surface area contributed by atoms with Crippen LogP contribution in [0.5, 0.6) is 0 Å². The van der Waals surface area contributed by atoms with Crippen LogP contribution in [0.3, 0.4) is 0 Å². The van der Waals surface area contributed by atoms with Gasteiger partial charge in [0.1, 0.15) is 5.82 Å². The van der Waals surface area contributed by atoms with E-state index in [1.165, 1.54) is 0 Å². The second kappa shape index (κ2) is 10.0. The number of aromatic nitrogens is 3. The predicted molar refractivity (Wildman–Crippen MR) is 134 cm³/mol. The van der Waals surface area contributed by atoms with E-state index in [0.29, 0.717) is 32.6 Å². The Morgan fingerprint density at radius 2 is 1.57 bits per heavy atom. The minimum atomic E-state index is -4.71. The number of esters is 1. The van der Waals surface area contributed by atoms with Crippen LogP contribution in [-0.4, -0.2) is 54.4 Å². The first-order valence-electron chi connectivity index (χ1n) is 11.8. The van der Waals surface area contributed by atoms with Crippen LogP contribution in [0, 0.1) is 0 Å². The summed E-state index contributed by atoms with van der Waals surface area (Å²) in [7, 11) is 1.04. The number of carbonyl (C=O) groups excluding carboxylic acids is 1. The lowest BCUT2D eigenvalue weighted by Crippen LogP contribution is -2.47. The van der Waals surface area contributed by atoms with Gasteiger partial charge < -0.3 is 14.5 Å². The Balaban J connectivity index is 1.37. The van der Waals surface area contributed by atoms with Crippen molar-refractivity contribution in [3.63, 3.8) is 0 Å². The van der Waals surface area contributed by atoms with E-state index in [0.717, 1.165) is 47.2 Å². The minimum absolute atomic E-state index is 0.161. The van der Waals surface area contributed by atoms with Crippen molar-refractivity contribution in [3.05, 3.63) is 89.2 Å². The third kappa shape index (κ3) is 5.04.